The molecule has 0 saturated heterocycles. The fourth-order valence-corrected chi connectivity index (χ4v) is 3.23. The molecular weight excluding hydrogens is 354 g/mol. The first kappa shape index (κ1) is 19.6. The third kappa shape index (κ3) is 5.40. The molecule has 0 aliphatic rings. The lowest BCUT2D eigenvalue weighted by Gasteiger charge is -2.17. The average Bonchev–Trinajstić information content (AvgIpc) is 2.66. The van der Waals surface area contributed by atoms with E-state index in [2.05, 4.69) is 16.9 Å². The van der Waals surface area contributed by atoms with Crippen molar-refractivity contribution in [2.75, 3.05) is 20.1 Å². The van der Waals surface area contributed by atoms with E-state index in [1.807, 2.05) is 18.2 Å². The van der Waals surface area contributed by atoms with Gasteiger partial charge in [0.15, 0.2) is 0 Å². The Balaban J connectivity index is 1.95. The molecule has 8 heteroatoms. The molecule has 0 radical (unpaired) electrons. The summed E-state index contributed by atoms with van der Waals surface area (Å²) in [5, 5.41) is 2.60. The number of hydrogen-bond donors (Lipinski definition) is 1. The van der Waals surface area contributed by atoms with Crippen LogP contribution in [0.4, 0.5) is 0 Å². The summed E-state index contributed by atoms with van der Waals surface area (Å²) in [7, 11) is -2.17. The van der Waals surface area contributed by atoms with Crippen LogP contribution in [0.5, 0.6) is 11.6 Å². The maximum atomic E-state index is 12.5. The van der Waals surface area contributed by atoms with Crippen LogP contribution in [-0.2, 0) is 14.8 Å². The molecule has 0 aliphatic heterocycles. The molecule has 1 amide bonds. The number of ether oxygens (including phenoxy) is 1. The van der Waals surface area contributed by atoms with Crippen LogP contribution in [0.15, 0.2) is 66.2 Å². The number of carbonyl (C=O) groups is 1. The van der Waals surface area contributed by atoms with Crippen LogP contribution in [-0.4, -0.2) is 43.8 Å². The van der Waals surface area contributed by atoms with Crippen molar-refractivity contribution < 1.29 is 17.9 Å². The van der Waals surface area contributed by atoms with E-state index in [1.165, 1.54) is 35.8 Å². The van der Waals surface area contributed by atoms with Crippen LogP contribution in [0, 0.1) is 0 Å². The van der Waals surface area contributed by atoms with E-state index in [9.17, 15) is 13.2 Å². The number of hydrogen-bond acceptors (Lipinski definition) is 5. The molecule has 0 bridgehead atoms. The summed E-state index contributed by atoms with van der Waals surface area (Å²) in [5.41, 5.74) is 0. The van der Waals surface area contributed by atoms with Gasteiger partial charge in [-0.05, 0) is 30.7 Å². The molecule has 1 aromatic heterocycles. The molecule has 26 heavy (non-hydrogen) atoms. The molecule has 0 aliphatic carbocycles. The summed E-state index contributed by atoms with van der Waals surface area (Å²) in [5.74, 6) is 0.646. The van der Waals surface area contributed by atoms with Gasteiger partial charge in [-0.2, -0.15) is 0 Å². The van der Waals surface area contributed by atoms with Crippen molar-refractivity contribution in [3.8, 4) is 11.6 Å². The number of aromatic nitrogens is 1. The summed E-state index contributed by atoms with van der Waals surface area (Å²) >= 11 is 0. The topological polar surface area (TPSA) is 88.6 Å². The normalized spacial score (nSPS) is 11.2. The number of amides is 1. The highest BCUT2D eigenvalue weighted by molar-refractivity contribution is 7.89. The lowest BCUT2D eigenvalue weighted by Crippen LogP contribution is -2.31. The molecule has 0 fully saturated rings. The summed E-state index contributed by atoms with van der Waals surface area (Å²) in [6, 6.07) is 12.1. The van der Waals surface area contributed by atoms with Crippen molar-refractivity contribution in [3.63, 3.8) is 0 Å². The summed E-state index contributed by atoms with van der Waals surface area (Å²) in [6.45, 7) is 3.99. The molecule has 0 saturated carbocycles. The molecule has 7 nitrogen and oxygen atoms in total. The molecule has 2 aromatic rings. The molecule has 1 heterocycles. The highest BCUT2D eigenvalue weighted by atomic mass is 32.2. The van der Waals surface area contributed by atoms with E-state index in [0.29, 0.717) is 24.6 Å². The largest absolute Gasteiger partial charge is 0.439 e. The van der Waals surface area contributed by atoms with Gasteiger partial charge in [-0.3, -0.25) is 4.79 Å². The van der Waals surface area contributed by atoms with Gasteiger partial charge in [-0.25, -0.2) is 17.7 Å². The standard InChI is InChI=1S/C18H21N3O4S/c1-3-17(22)19-12-7-13-21(2)26(23,24)16-10-11-18(20-14-16)25-15-8-5-4-6-9-15/h3-6,8-11,14H,1,7,12-13H2,2H3,(H,19,22). The lowest BCUT2D eigenvalue weighted by molar-refractivity contribution is -0.116. The van der Waals surface area contributed by atoms with E-state index in [4.69, 9.17) is 4.74 Å². The predicted molar refractivity (Wildman–Crippen MR) is 98.4 cm³/mol. The highest BCUT2D eigenvalue weighted by Gasteiger charge is 2.20. The zero-order valence-corrected chi connectivity index (χ0v) is 15.3. The fraction of sp³-hybridized carbons (Fsp3) is 0.222. The van der Waals surface area contributed by atoms with Gasteiger partial charge in [0, 0.05) is 26.2 Å². The number of benzene rings is 1. The number of pyridine rings is 1. The number of nitrogens with zero attached hydrogens (tertiary/aromatic N) is 2. The van der Waals surface area contributed by atoms with Crippen LogP contribution < -0.4 is 10.1 Å². The molecule has 138 valence electrons. The van der Waals surface area contributed by atoms with E-state index in [0.717, 1.165) is 0 Å². The minimum Gasteiger partial charge on any atom is -0.439 e. The minimum atomic E-state index is -3.65. The summed E-state index contributed by atoms with van der Waals surface area (Å²) in [4.78, 5) is 15.2. The Hall–Kier alpha value is -2.71. The molecule has 1 aromatic carbocycles. The van der Waals surface area contributed by atoms with Crippen molar-refractivity contribution in [2.45, 2.75) is 11.3 Å². The minimum absolute atomic E-state index is 0.0792. The Bertz CT molecular complexity index is 836. The Kier molecular flexibility index (Phi) is 6.88. The van der Waals surface area contributed by atoms with Crippen molar-refractivity contribution in [2.24, 2.45) is 0 Å². The SMILES string of the molecule is C=CC(=O)NCCCN(C)S(=O)(=O)c1ccc(Oc2ccccc2)nc1. The van der Waals surface area contributed by atoms with Gasteiger partial charge in [0.1, 0.15) is 10.6 Å². The Morgan fingerprint density at radius 2 is 2.00 bits per heavy atom. The monoisotopic (exact) mass is 375 g/mol. The lowest BCUT2D eigenvalue weighted by atomic mass is 10.3. The van der Waals surface area contributed by atoms with E-state index in [1.54, 1.807) is 12.1 Å². The van der Waals surface area contributed by atoms with Gasteiger partial charge < -0.3 is 10.1 Å². The smallest absolute Gasteiger partial charge is 0.244 e. The van der Waals surface area contributed by atoms with Crippen LogP contribution >= 0.6 is 0 Å². The second kappa shape index (κ2) is 9.12. The zero-order chi connectivity index (χ0) is 19.0. The Morgan fingerprint density at radius 3 is 2.62 bits per heavy atom. The summed E-state index contributed by atoms with van der Waals surface area (Å²) in [6.07, 6.45) is 2.92. The molecule has 0 unspecified atom stereocenters. The van der Waals surface area contributed by atoms with Gasteiger partial charge in [0.25, 0.3) is 0 Å². The fourth-order valence-electron chi connectivity index (χ4n) is 2.07. The number of sulfonamides is 1. The third-order valence-corrected chi connectivity index (χ3v) is 5.36. The molecule has 2 rings (SSSR count). The van der Waals surface area contributed by atoms with Gasteiger partial charge in [-0.1, -0.05) is 24.8 Å². The summed E-state index contributed by atoms with van der Waals surface area (Å²) < 4.78 is 31.8. The van der Waals surface area contributed by atoms with Crippen LogP contribution in [0.2, 0.25) is 0 Å². The Morgan fingerprint density at radius 1 is 1.27 bits per heavy atom. The second-order valence-corrected chi connectivity index (χ2v) is 7.47. The van der Waals surface area contributed by atoms with E-state index >= 15 is 0 Å². The van der Waals surface area contributed by atoms with Gasteiger partial charge in [0.2, 0.25) is 21.8 Å². The molecular formula is C18H21N3O4S. The van der Waals surface area contributed by atoms with Crippen LogP contribution in [0.25, 0.3) is 0 Å². The number of para-hydroxylation sites is 1. The van der Waals surface area contributed by atoms with Gasteiger partial charge in [0.05, 0.1) is 6.20 Å². The quantitative estimate of drug-likeness (QED) is 0.536. The van der Waals surface area contributed by atoms with Gasteiger partial charge >= 0.3 is 0 Å². The average molecular weight is 375 g/mol. The number of carbonyl (C=O) groups excluding carboxylic acids is 1. The molecule has 1 N–H and O–H groups in total. The first-order valence-electron chi connectivity index (χ1n) is 7.99. The number of nitrogens with one attached hydrogen (secondary N) is 1. The van der Waals surface area contributed by atoms with Crippen molar-refractivity contribution >= 4 is 15.9 Å². The third-order valence-electron chi connectivity index (χ3n) is 3.52. The van der Waals surface area contributed by atoms with E-state index in [-0.39, 0.29) is 17.3 Å². The zero-order valence-electron chi connectivity index (χ0n) is 14.5. The maximum absolute atomic E-state index is 12.5. The van der Waals surface area contributed by atoms with Crippen LogP contribution in [0.1, 0.15) is 6.42 Å². The number of rotatable bonds is 9. The molecule has 0 spiro atoms. The Labute approximate surface area is 153 Å². The molecule has 0 atom stereocenters. The first-order valence-corrected chi connectivity index (χ1v) is 9.43. The van der Waals surface area contributed by atoms with Crippen molar-refractivity contribution in [1.29, 1.82) is 0 Å². The van der Waals surface area contributed by atoms with Gasteiger partial charge in [-0.15, -0.1) is 0 Å². The second-order valence-electron chi connectivity index (χ2n) is 5.42. The van der Waals surface area contributed by atoms with E-state index < -0.39 is 10.0 Å². The predicted octanol–water partition coefficient (Wildman–Crippen LogP) is 2.19. The van der Waals surface area contributed by atoms with Crippen molar-refractivity contribution in [3.05, 3.63) is 61.3 Å². The van der Waals surface area contributed by atoms with Crippen LogP contribution in [0.3, 0.4) is 0 Å². The first-order chi connectivity index (χ1) is 12.4. The maximum Gasteiger partial charge on any atom is 0.244 e. The highest BCUT2D eigenvalue weighted by Crippen LogP contribution is 2.21. The van der Waals surface area contributed by atoms with Crippen molar-refractivity contribution in [1.82, 2.24) is 14.6 Å².